The Morgan fingerprint density at radius 1 is 1.61 bits per heavy atom. The van der Waals surface area contributed by atoms with E-state index in [-0.39, 0.29) is 11.6 Å². The minimum Gasteiger partial charge on any atom is -0.472 e. The van der Waals surface area contributed by atoms with Crippen LogP contribution >= 0.6 is 0 Å². The van der Waals surface area contributed by atoms with Gasteiger partial charge in [-0.2, -0.15) is 4.98 Å². The third kappa shape index (κ3) is 4.04. The fourth-order valence-corrected chi connectivity index (χ4v) is 1.28. The summed E-state index contributed by atoms with van der Waals surface area (Å²) >= 11 is 0. The molecule has 0 radical (unpaired) electrons. The maximum absolute atomic E-state index is 10.8. The van der Waals surface area contributed by atoms with Gasteiger partial charge in [0.05, 0.1) is 11.5 Å². The van der Waals surface area contributed by atoms with Crippen molar-refractivity contribution in [3.05, 3.63) is 34.4 Å². The number of ether oxygens (including phenoxy) is 1. The highest BCUT2D eigenvalue weighted by Gasteiger charge is 2.17. The van der Waals surface area contributed by atoms with Crippen LogP contribution in [0.4, 0.5) is 11.5 Å². The molecular weight excluding hydrogens is 234 g/mol. The predicted molar refractivity (Wildman–Crippen MR) is 70.0 cm³/mol. The fraction of sp³-hybridized carbons (Fsp3) is 0.417. The van der Waals surface area contributed by atoms with Gasteiger partial charge in [-0.05, 0) is 19.9 Å². The van der Waals surface area contributed by atoms with Gasteiger partial charge in [0.1, 0.15) is 5.82 Å². The van der Waals surface area contributed by atoms with Crippen molar-refractivity contribution in [2.45, 2.75) is 20.3 Å². The molecule has 1 N–H and O–H groups in total. The highest BCUT2D eigenvalue weighted by atomic mass is 16.6. The van der Waals surface area contributed by atoms with Gasteiger partial charge in [-0.1, -0.05) is 5.57 Å². The number of hydrogen-bond donors (Lipinski definition) is 1. The Bertz CT molecular complexity index is 446. The van der Waals surface area contributed by atoms with Crippen molar-refractivity contribution in [2.75, 3.05) is 18.5 Å². The Morgan fingerprint density at radius 2 is 2.33 bits per heavy atom. The molecule has 0 aromatic carbocycles. The maximum atomic E-state index is 10.8. The van der Waals surface area contributed by atoms with Crippen molar-refractivity contribution in [2.24, 2.45) is 0 Å². The average molecular weight is 251 g/mol. The molecule has 0 bridgehead atoms. The molecule has 0 aliphatic heterocycles. The van der Waals surface area contributed by atoms with Crippen molar-refractivity contribution in [1.82, 2.24) is 4.98 Å². The van der Waals surface area contributed by atoms with Crippen molar-refractivity contribution < 1.29 is 9.66 Å². The highest BCUT2D eigenvalue weighted by Crippen LogP contribution is 2.26. The van der Waals surface area contributed by atoms with Crippen LogP contribution in [0.3, 0.4) is 0 Å². The molecule has 0 aliphatic rings. The van der Waals surface area contributed by atoms with Crippen LogP contribution in [-0.2, 0) is 0 Å². The van der Waals surface area contributed by atoms with Gasteiger partial charge in [-0.3, -0.25) is 10.1 Å². The Kier molecular flexibility index (Phi) is 5.10. The Morgan fingerprint density at radius 3 is 2.89 bits per heavy atom. The number of nitrogens with zero attached hydrogens (tertiary/aromatic N) is 2. The summed E-state index contributed by atoms with van der Waals surface area (Å²) in [4.78, 5) is 14.4. The molecule has 0 amide bonds. The molecule has 0 saturated heterocycles. The topological polar surface area (TPSA) is 77.3 Å². The van der Waals surface area contributed by atoms with E-state index in [4.69, 9.17) is 4.74 Å². The molecule has 18 heavy (non-hydrogen) atoms. The molecule has 6 nitrogen and oxygen atoms in total. The molecular formula is C12H17N3O3. The standard InChI is InChI=1S/C12H17N3O3/c1-4-13-11-6-5-10(15(16)17)12(14-11)18-8-7-9(2)3/h5-6H,2,4,7-8H2,1,3H3,(H,13,14). The average Bonchev–Trinajstić information content (AvgIpc) is 2.29. The second-order valence-corrected chi connectivity index (χ2v) is 3.86. The summed E-state index contributed by atoms with van der Waals surface area (Å²) in [6, 6.07) is 2.95. The molecule has 0 aliphatic carbocycles. The van der Waals surface area contributed by atoms with Crippen LogP contribution in [0.25, 0.3) is 0 Å². The van der Waals surface area contributed by atoms with E-state index in [1.165, 1.54) is 6.07 Å². The largest absolute Gasteiger partial charge is 0.472 e. The van der Waals surface area contributed by atoms with E-state index < -0.39 is 4.92 Å². The van der Waals surface area contributed by atoms with E-state index in [0.29, 0.717) is 25.4 Å². The normalized spacial score (nSPS) is 9.89. The van der Waals surface area contributed by atoms with E-state index in [9.17, 15) is 10.1 Å². The summed E-state index contributed by atoms with van der Waals surface area (Å²) in [5.41, 5.74) is 0.832. The predicted octanol–water partition coefficient (Wildman–Crippen LogP) is 2.77. The number of aromatic nitrogens is 1. The number of nitrogens with one attached hydrogen (secondary N) is 1. The van der Waals surface area contributed by atoms with E-state index in [1.54, 1.807) is 6.07 Å². The van der Waals surface area contributed by atoms with Gasteiger partial charge in [-0.15, -0.1) is 6.58 Å². The van der Waals surface area contributed by atoms with Crippen LogP contribution in [0.5, 0.6) is 5.88 Å². The molecule has 0 spiro atoms. The summed E-state index contributed by atoms with van der Waals surface area (Å²) in [5.74, 6) is 0.605. The molecule has 1 rings (SSSR count). The summed E-state index contributed by atoms with van der Waals surface area (Å²) in [5, 5.41) is 13.8. The fourth-order valence-electron chi connectivity index (χ4n) is 1.28. The SMILES string of the molecule is C=C(C)CCOc1nc(NCC)ccc1[N+](=O)[O-]. The van der Waals surface area contributed by atoms with Crippen LogP contribution in [0.15, 0.2) is 24.3 Å². The first-order valence-electron chi connectivity index (χ1n) is 5.71. The minimum absolute atomic E-state index is 0.0414. The van der Waals surface area contributed by atoms with Crippen molar-refractivity contribution >= 4 is 11.5 Å². The van der Waals surface area contributed by atoms with Gasteiger partial charge in [0.25, 0.3) is 5.88 Å². The molecule has 0 unspecified atom stereocenters. The van der Waals surface area contributed by atoms with Gasteiger partial charge in [0.2, 0.25) is 0 Å². The highest BCUT2D eigenvalue weighted by molar-refractivity contribution is 5.49. The first-order chi connectivity index (χ1) is 8.54. The lowest BCUT2D eigenvalue weighted by atomic mass is 10.3. The van der Waals surface area contributed by atoms with Gasteiger partial charge in [0, 0.05) is 19.0 Å². The Balaban J connectivity index is 2.85. The Hall–Kier alpha value is -2.11. The van der Waals surface area contributed by atoms with Crippen molar-refractivity contribution in [3.63, 3.8) is 0 Å². The second kappa shape index (κ2) is 6.58. The molecule has 1 aromatic heterocycles. The van der Waals surface area contributed by atoms with Crippen LogP contribution in [-0.4, -0.2) is 23.1 Å². The number of nitro groups is 1. The van der Waals surface area contributed by atoms with E-state index in [2.05, 4.69) is 16.9 Å². The smallest absolute Gasteiger partial charge is 0.331 e. The van der Waals surface area contributed by atoms with Crippen molar-refractivity contribution in [3.8, 4) is 5.88 Å². The van der Waals surface area contributed by atoms with Gasteiger partial charge in [0.15, 0.2) is 0 Å². The number of rotatable bonds is 7. The van der Waals surface area contributed by atoms with E-state index in [0.717, 1.165) is 5.57 Å². The summed E-state index contributed by atoms with van der Waals surface area (Å²) in [6.07, 6.45) is 0.643. The molecule has 0 atom stereocenters. The third-order valence-electron chi connectivity index (χ3n) is 2.16. The third-order valence-corrected chi connectivity index (χ3v) is 2.16. The van der Waals surface area contributed by atoms with E-state index in [1.807, 2.05) is 13.8 Å². The first-order valence-corrected chi connectivity index (χ1v) is 5.71. The number of hydrogen-bond acceptors (Lipinski definition) is 5. The monoisotopic (exact) mass is 251 g/mol. The number of anilines is 1. The quantitative estimate of drug-likeness (QED) is 0.458. The molecule has 0 saturated carbocycles. The minimum atomic E-state index is -0.501. The lowest BCUT2D eigenvalue weighted by Gasteiger charge is -2.08. The zero-order valence-electron chi connectivity index (χ0n) is 10.6. The molecule has 6 heteroatoms. The molecule has 1 aromatic rings. The molecule has 0 fully saturated rings. The summed E-state index contributed by atoms with van der Waals surface area (Å²) in [6.45, 7) is 8.56. The second-order valence-electron chi connectivity index (χ2n) is 3.86. The molecule has 1 heterocycles. The summed E-state index contributed by atoms with van der Waals surface area (Å²) < 4.78 is 5.34. The zero-order chi connectivity index (χ0) is 13.5. The lowest BCUT2D eigenvalue weighted by molar-refractivity contribution is -0.386. The maximum Gasteiger partial charge on any atom is 0.331 e. The zero-order valence-corrected chi connectivity index (χ0v) is 10.6. The van der Waals surface area contributed by atoms with Gasteiger partial charge in [-0.25, -0.2) is 0 Å². The van der Waals surface area contributed by atoms with Crippen molar-refractivity contribution in [1.29, 1.82) is 0 Å². The van der Waals surface area contributed by atoms with Gasteiger partial charge >= 0.3 is 5.69 Å². The Labute approximate surface area is 106 Å². The molecule has 98 valence electrons. The summed E-state index contributed by atoms with van der Waals surface area (Å²) in [7, 11) is 0. The van der Waals surface area contributed by atoms with Crippen LogP contribution in [0.1, 0.15) is 20.3 Å². The van der Waals surface area contributed by atoms with Gasteiger partial charge < -0.3 is 10.1 Å². The first kappa shape index (κ1) is 14.0. The van der Waals surface area contributed by atoms with Crippen LogP contribution in [0, 0.1) is 10.1 Å². The van der Waals surface area contributed by atoms with Crippen LogP contribution < -0.4 is 10.1 Å². The lowest BCUT2D eigenvalue weighted by Crippen LogP contribution is -2.05. The number of pyridine rings is 1. The van der Waals surface area contributed by atoms with E-state index >= 15 is 0 Å². The van der Waals surface area contributed by atoms with Crippen LogP contribution in [0.2, 0.25) is 0 Å².